The summed E-state index contributed by atoms with van der Waals surface area (Å²) in [5.41, 5.74) is 3.02. The van der Waals surface area contributed by atoms with Gasteiger partial charge in [0.05, 0.1) is 0 Å². The van der Waals surface area contributed by atoms with Gasteiger partial charge >= 0.3 is 0 Å². The van der Waals surface area contributed by atoms with Crippen molar-refractivity contribution in [3.8, 4) is 5.75 Å². The van der Waals surface area contributed by atoms with E-state index in [9.17, 15) is 13.2 Å². The van der Waals surface area contributed by atoms with E-state index in [1.54, 1.807) is 25.1 Å². The smallest absolute Gasteiger partial charge is 0.272 e. The zero-order valence-corrected chi connectivity index (χ0v) is 14.8. The molecule has 0 aliphatic carbocycles. The van der Waals surface area contributed by atoms with Crippen molar-refractivity contribution in [2.75, 3.05) is 6.61 Å². The summed E-state index contributed by atoms with van der Waals surface area (Å²) < 4.78 is 34.4. The number of sulfonamides is 1. The van der Waals surface area contributed by atoms with Gasteiger partial charge in [-0.25, -0.2) is 8.42 Å². The molecule has 0 saturated heterocycles. The number of carbonyl (C=O) groups is 1. The van der Waals surface area contributed by atoms with Gasteiger partial charge in [-0.1, -0.05) is 16.8 Å². The topological polar surface area (TPSA) is 111 Å². The van der Waals surface area contributed by atoms with E-state index in [1.807, 2.05) is 4.83 Å². The Morgan fingerprint density at radius 3 is 2.62 bits per heavy atom. The molecule has 2 aromatic rings. The first-order chi connectivity index (χ1) is 11.2. The largest absolute Gasteiger partial charge is 0.483 e. The number of aromatic nitrogens is 1. The van der Waals surface area contributed by atoms with Gasteiger partial charge < -0.3 is 9.26 Å². The fourth-order valence-electron chi connectivity index (χ4n) is 1.99. The van der Waals surface area contributed by atoms with Crippen molar-refractivity contribution in [1.82, 2.24) is 15.4 Å². The van der Waals surface area contributed by atoms with Gasteiger partial charge in [-0.3, -0.25) is 10.2 Å². The summed E-state index contributed by atoms with van der Waals surface area (Å²) in [7, 11) is -3.98. The van der Waals surface area contributed by atoms with Crippen LogP contribution in [0.1, 0.15) is 17.0 Å². The number of nitrogens with one attached hydrogen (secondary N) is 2. The Balaban J connectivity index is 1.93. The molecule has 2 rings (SSSR count). The van der Waals surface area contributed by atoms with Crippen molar-refractivity contribution >= 4 is 27.5 Å². The van der Waals surface area contributed by atoms with Crippen LogP contribution in [-0.4, -0.2) is 26.1 Å². The second-order valence-corrected chi connectivity index (χ2v) is 7.06. The van der Waals surface area contributed by atoms with Gasteiger partial charge in [-0.2, -0.15) is 0 Å². The first-order valence-corrected chi connectivity index (χ1v) is 8.69. The van der Waals surface area contributed by atoms with Gasteiger partial charge in [0.2, 0.25) is 0 Å². The number of nitrogens with zero attached hydrogens (tertiary/aromatic N) is 1. The molecule has 1 aromatic carbocycles. The van der Waals surface area contributed by atoms with Crippen LogP contribution >= 0.6 is 11.6 Å². The number of benzene rings is 1. The lowest BCUT2D eigenvalue weighted by Crippen LogP contribution is -2.44. The van der Waals surface area contributed by atoms with Crippen molar-refractivity contribution in [3.63, 3.8) is 0 Å². The van der Waals surface area contributed by atoms with Crippen LogP contribution in [0.25, 0.3) is 0 Å². The molecule has 0 radical (unpaired) electrons. The van der Waals surface area contributed by atoms with Crippen LogP contribution in [0.3, 0.4) is 0 Å². The van der Waals surface area contributed by atoms with Crippen molar-refractivity contribution in [2.24, 2.45) is 0 Å². The third-order valence-electron chi connectivity index (χ3n) is 3.06. The van der Waals surface area contributed by atoms with Crippen LogP contribution in [0.2, 0.25) is 5.02 Å². The third kappa shape index (κ3) is 4.25. The number of aryl methyl sites for hydroxylation is 3. The number of hydrogen-bond acceptors (Lipinski definition) is 6. The first-order valence-electron chi connectivity index (χ1n) is 6.83. The van der Waals surface area contributed by atoms with Crippen molar-refractivity contribution < 1.29 is 22.5 Å². The highest BCUT2D eigenvalue weighted by Crippen LogP contribution is 2.21. The van der Waals surface area contributed by atoms with E-state index in [4.69, 9.17) is 20.9 Å². The predicted octanol–water partition coefficient (Wildman–Crippen LogP) is 1.64. The Morgan fingerprint density at radius 2 is 2.04 bits per heavy atom. The average Bonchev–Trinajstić information content (AvgIpc) is 2.84. The molecule has 2 N–H and O–H groups in total. The fraction of sp³-hybridized carbons (Fsp3) is 0.286. The predicted molar refractivity (Wildman–Crippen MR) is 86.1 cm³/mol. The molecule has 0 bridgehead atoms. The van der Waals surface area contributed by atoms with Crippen molar-refractivity contribution in [1.29, 1.82) is 0 Å². The quantitative estimate of drug-likeness (QED) is 0.745. The standard InChI is InChI=1S/C14H16ClN3O5S/c1-8-6-11(15)4-5-12(8)22-7-13(19)16-18-24(20,21)14-9(2)17-23-10(14)3/h4-6,18H,7H2,1-3H3,(H,16,19). The molecule has 8 nitrogen and oxygen atoms in total. The second kappa shape index (κ2) is 7.20. The Kier molecular flexibility index (Phi) is 5.47. The number of hydrazine groups is 1. The summed E-state index contributed by atoms with van der Waals surface area (Å²) in [6.45, 7) is 4.36. The summed E-state index contributed by atoms with van der Waals surface area (Å²) in [6, 6.07) is 4.94. The monoisotopic (exact) mass is 373 g/mol. The molecule has 1 amide bonds. The van der Waals surface area contributed by atoms with E-state index in [0.717, 1.165) is 5.56 Å². The lowest BCUT2D eigenvalue weighted by atomic mass is 10.2. The summed E-state index contributed by atoms with van der Waals surface area (Å²) in [5.74, 6) is -0.0647. The Bertz CT molecular complexity index is 844. The molecule has 0 atom stereocenters. The second-order valence-electron chi connectivity index (χ2n) is 5.01. The molecular formula is C14H16ClN3O5S. The minimum Gasteiger partial charge on any atom is -0.483 e. The fourth-order valence-corrected chi connectivity index (χ4v) is 3.41. The van der Waals surface area contributed by atoms with Crippen molar-refractivity contribution in [3.05, 3.63) is 40.2 Å². The summed E-state index contributed by atoms with van der Waals surface area (Å²) in [4.78, 5) is 13.6. The number of halogens is 1. The van der Waals surface area contributed by atoms with Gasteiger partial charge in [0.15, 0.2) is 12.4 Å². The third-order valence-corrected chi connectivity index (χ3v) is 4.78. The molecule has 10 heteroatoms. The number of carbonyl (C=O) groups excluding carboxylic acids is 1. The molecule has 1 heterocycles. The first kappa shape index (κ1) is 18.2. The maximum absolute atomic E-state index is 12.1. The average molecular weight is 374 g/mol. The Labute approximate surface area is 144 Å². The lowest BCUT2D eigenvalue weighted by molar-refractivity contribution is -0.123. The highest BCUT2D eigenvalue weighted by atomic mass is 35.5. The molecule has 1 aromatic heterocycles. The molecular weight excluding hydrogens is 358 g/mol. The number of amides is 1. The van der Waals surface area contributed by atoms with E-state index in [2.05, 4.69) is 10.6 Å². The van der Waals surface area contributed by atoms with E-state index >= 15 is 0 Å². The van der Waals surface area contributed by atoms with Crippen LogP contribution < -0.4 is 15.0 Å². The Hall–Kier alpha value is -2.10. The molecule has 0 unspecified atom stereocenters. The van der Waals surface area contributed by atoms with Gasteiger partial charge in [0.1, 0.15) is 16.3 Å². The molecule has 0 fully saturated rings. The molecule has 24 heavy (non-hydrogen) atoms. The maximum atomic E-state index is 12.1. The van der Waals surface area contributed by atoms with E-state index in [1.165, 1.54) is 13.8 Å². The van der Waals surface area contributed by atoms with Crippen LogP contribution in [0.5, 0.6) is 5.75 Å². The summed E-state index contributed by atoms with van der Waals surface area (Å²) in [6.07, 6.45) is 0. The van der Waals surface area contributed by atoms with Crippen LogP contribution in [0.15, 0.2) is 27.6 Å². The highest BCUT2D eigenvalue weighted by molar-refractivity contribution is 7.89. The van der Waals surface area contributed by atoms with E-state index in [0.29, 0.717) is 10.8 Å². The van der Waals surface area contributed by atoms with Crippen molar-refractivity contribution in [2.45, 2.75) is 25.7 Å². The number of hydrogen-bond donors (Lipinski definition) is 2. The molecule has 0 aliphatic heterocycles. The van der Waals surface area contributed by atoms with E-state index in [-0.39, 0.29) is 23.0 Å². The maximum Gasteiger partial charge on any atom is 0.272 e. The summed E-state index contributed by atoms with van der Waals surface area (Å²) >= 11 is 5.83. The molecule has 130 valence electrons. The minimum absolute atomic E-state index is 0.114. The van der Waals surface area contributed by atoms with E-state index < -0.39 is 15.9 Å². The zero-order chi connectivity index (χ0) is 17.9. The van der Waals surface area contributed by atoms with Crippen LogP contribution in [-0.2, 0) is 14.8 Å². The molecule has 0 saturated carbocycles. The molecule has 0 aliphatic rings. The number of ether oxygens (including phenoxy) is 1. The Morgan fingerprint density at radius 1 is 1.33 bits per heavy atom. The van der Waals surface area contributed by atoms with Gasteiger partial charge in [0.25, 0.3) is 15.9 Å². The normalized spacial score (nSPS) is 11.3. The van der Waals surface area contributed by atoms with Crippen LogP contribution in [0.4, 0.5) is 0 Å². The zero-order valence-electron chi connectivity index (χ0n) is 13.2. The highest BCUT2D eigenvalue weighted by Gasteiger charge is 2.24. The molecule has 0 spiro atoms. The van der Waals surface area contributed by atoms with Gasteiger partial charge in [0, 0.05) is 5.02 Å². The lowest BCUT2D eigenvalue weighted by Gasteiger charge is -2.10. The van der Waals surface area contributed by atoms with Gasteiger partial charge in [-0.15, -0.1) is 4.83 Å². The minimum atomic E-state index is -3.98. The number of rotatable bonds is 6. The van der Waals surface area contributed by atoms with Gasteiger partial charge in [-0.05, 0) is 44.5 Å². The summed E-state index contributed by atoms with van der Waals surface area (Å²) in [5, 5.41) is 4.11. The SMILES string of the molecule is Cc1cc(Cl)ccc1OCC(=O)NNS(=O)(=O)c1c(C)noc1C. The van der Waals surface area contributed by atoms with Crippen LogP contribution in [0, 0.1) is 20.8 Å².